The number of benzene rings is 1. The van der Waals surface area contributed by atoms with Crippen LogP contribution in [-0.2, 0) is 23.9 Å². The van der Waals surface area contributed by atoms with Gasteiger partial charge in [0.15, 0.2) is 5.78 Å². The monoisotopic (exact) mass is 348 g/mol. The molecule has 0 aromatic heterocycles. The van der Waals surface area contributed by atoms with Crippen molar-refractivity contribution in [2.75, 3.05) is 13.2 Å². The van der Waals surface area contributed by atoms with Crippen molar-refractivity contribution in [3.05, 3.63) is 35.9 Å². The Morgan fingerprint density at radius 2 is 1.68 bits per heavy atom. The zero-order chi connectivity index (χ0) is 18.6. The molecule has 0 spiro atoms. The van der Waals surface area contributed by atoms with Gasteiger partial charge in [-0.1, -0.05) is 30.3 Å². The van der Waals surface area contributed by atoms with Gasteiger partial charge in [-0.2, -0.15) is 0 Å². The lowest BCUT2D eigenvalue weighted by atomic mass is 9.62. The molecule has 1 aliphatic carbocycles. The number of rotatable bonds is 5. The maximum atomic E-state index is 12.6. The van der Waals surface area contributed by atoms with E-state index in [1.165, 1.54) is 6.92 Å². The average molecular weight is 348 g/mol. The van der Waals surface area contributed by atoms with Crippen LogP contribution in [0, 0.1) is 11.8 Å². The fourth-order valence-corrected chi connectivity index (χ4v) is 3.55. The first-order valence-corrected chi connectivity index (χ1v) is 8.46. The molecule has 6 heteroatoms. The van der Waals surface area contributed by atoms with Gasteiger partial charge in [0.1, 0.15) is 5.92 Å². The van der Waals surface area contributed by atoms with E-state index in [1.807, 2.05) is 0 Å². The van der Waals surface area contributed by atoms with Gasteiger partial charge in [0.05, 0.1) is 24.7 Å². The molecule has 25 heavy (non-hydrogen) atoms. The molecule has 1 fully saturated rings. The number of Topliss-reactive ketones (excluding diaryl/α,β-unsaturated/α-hetero) is 1. The zero-order valence-corrected chi connectivity index (χ0v) is 14.7. The predicted octanol–water partition coefficient (Wildman–Crippen LogP) is 1.85. The third kappa shape index (κ3) is 3.90. The second-order valence-corrected chi connectivity index (χ2v) is 6.40. The summed E-state index contributed by atoms with van der Waals surface area (Å²) in [6, 6.07) is 8.78. The number of carbonyl (C=O) groups is 3. The van der Waals surface area contributed by atoms with Crippen LogP contribution in [0.2, 0.25) is 0 Å². The lowest BCUT2D eigenvalue weighted by Gasteiger charge is -2.43. The second kappa shape index (κ2) is 7.78. The van der Waals surface area contributed by atoms with Gasteiger partial charge in [0.25, 0.3) is 0 Å². The Morgan fingerprint density at radius 3 is 2.24 bits per heavy atom. The van der Waals surface area contributed by atoms with Gasteiger partial charge in [0.2, 0.25) is 0 Å². The van der Waals surface area contributed by atoms with E-state index >= 15 is 0 Å². The molecule has 0 heterocycles. The van der Waals surface area contributed by atoms with Crippen LogP contribution in [0.1, 0.15) is 38.7 Å². The molecular weight excluding hydrogens is 324 g/mol. The van der Waals surface area contributed by atoms with Crippen molar-refractivity contribution in [3.8, 4) is 0 Å². The Balaban J connectivity index is 2.57. The van der Waals surface area contributed by atoms with E-state index < -0.39 is 41.1 Å². The average Bonchev–Trinajstić information content (AvgIpc) is 2.54. The van der Waals surface area contributed by atoms with Gasteiger partial charge in [0, 0.05) is 12.3 Å². The van der Waals surface area contributed by atoms with Crippen molar-refractivity contribution in [2.24, 2.45) is 11.8 Å². The van der Waals surface area contributed by atoms with E-state index in [1.54, 1.807) is 44.2 Å². The fourth-order valence-electron chi connectivity index (χ4n) is 3.55. The molecule has 2 rings (SSSR count). The highest BCUT2D eigenvalue weighted by molar-refractivity contribution is 6.02. The van der Waals surface area contributed by atoms with Crippen molar-refractivity contribution in [3.63, 3.8) is 0 Å². The normalized spacial score (nSPS) is 29.1. The summed E-state index contributed by atoms with van der Waals surface area (Å²) in [5, 5.41) is 10.8. The highest BCUT2D eigenvalue weighted by atomic mass is 16.5. The maximum Gasteiger partial charge on any atom is 0.317 e. The minimum Gasteiger partial charge on any atom is -0.466 e. The summed E-state index contributed by atoms with van der Waals surface area (Å²) in [5.74, 6) is -4.75. The Hall–Kier alpha value is -2.21. The smallest absolute Gasteiger partial charge is 0.317 e. The highest BCUT2D eigenvalue weighted by Crippen LogP contribution is 2.46. The predicted molar refractivity (Wildman–Crippen MR) is 89.7 cm³/mol. The van der Waals surface area contributed by atoms with E-state index in [-0.39, 0.29) is 19.6 Å². The van der Waals surface area contributed by atoms with Crippen LogP contribution in [0.4, 0.5) is 0 Å². The summed E-state index contributed by atoms with van der Waals surface area (Å²) in [4.78, 5) is 37.7. The molecule has 1 N–H and O–H groups in total. The van der Waals surface area contributed by atoms with Crippen molar-refractivity contribution >= 4 is 17.7 Å². The maximum absolute atomic E-state index is 12.6. The van der Waals surface area contributed by atoms with E-state index in [4.69, 9.17) is 9.47 Å². The molecule has 1 saturated carbocycles. The Kier molecular flexibility index (Phi) is 5.95. The molecule has 1 aromatic carbocycles. The molecule has 0 aliphatic heterocycles. The summed E-state index contributed by atoms with van der Waals surface area (Å²) in [6.07, 6.45) is -0.302. The van der Waals surface area contributed by atoms with Gasteiger partial charge in [-0.3, -0.25) is 14.4 Å². The summed E-state index contributed by atoms with van der Waals surface area (Å²) in [5.41, 5.74) is -0.987. The molecule has 6 nitrogen and oxygen atoms in total. The molecule has 1 aliphatic rings. The number of ether oxygens (including phenoxy) is 2. The van der Waals surface area contributed by atoms with Crippen molar-refractivity contribution in [1.82, 2.24) is 0 Å². The van der Waals surface area contributed by atoms with Gasteiger partial charge in [-0.15, -0.1) is 0 Å². The molecule has 1 aromatic rings. The van der Waals surface area contributed by atoms with Crippen LogP contribution in [0.3, 0.4) is 0 Å². The van der Waals surface area contributed by atoms with Crippen LogP contribution >= 0.6 is 0 Å². The number of carbonyl (C=O) groups excluding carboxylic acids is 3. The number of hydrogen-bond donors (Lipinski definition) is 1. The molecule has 4 atom stereocenters. The van der Waals surface area contributed by atoms with Crippen LogP contribution in [0.5, 0.6) is 0 Å². The molecule has 0 unspecified atom stereocenters. The van der Waals surface area contributed by atoms with E-state index in [0.29, 0.717) is 5.56 Å². The molecular formula is C19H24O6. The molecule has 0 saturated heterocycles. The lowest BCUT2D eigenvalue weighted by Crippen LogP contribution is -2.55. The minimum absolute atomic E-state index is 0.130. The SMILES string of the molecule is CCOC(=O)[C@H]1C(=O)C[C@](C)(O)[C@@H](C(=O)OCC)[C@@H]1c1ccccc1. The number of aliphatic hydroxyl groups is 1. The zero-order valence-electron chi connectivity index (χ0n) is 14.7. The second-order valence-electron chi connectivity index (χ2n) is 6.40. The highest BCUT2D eigenvalue weighted by Gasteiger charge is 2.57. The molecule has 0 bridgehead atoms. The van der Waals surface area contributed by atoms with E-state index in [9.17, 15) is 19.5 Å². The Morgan fingerprint density at radius 1 is 1.12 bits per heavy atom. The summed E-state index contributed by atoms with van der Waals surface area (Å²) >= 11 is 0. The summed E-state index contributed by atoms with van der Waals surface area (Å²) < 4.78 is 10.2. The lowest BCUT2D eigenvalue weighted by molar-refractivity contribution is -0.172. The molecule has 0 amide bonds. The first-order valence-electron chi connectivity index (χ1n) is 8.46. The Bertz CT molecular complexity index is 637. The Labute approximate surface area is 147 Å². The number of ketones is 1. The van der Waals surface area contributed by atoms with E-state index in [0.717, 1.165) is 0 Å². The van der Waals surface area contributed by atoms with Crippen LogP contribution in [0.15, 0.2) is 30.3 Å². The van der Waals surface area contributed by atoms with Crippen LogP contribution < -0.4 is 0 Å². The van der Waals surface area contributed by atoms with Crippen LogP contribution in [0.25, 0.3) is 0 Å². The number of hydrogen-bond acceptors (Lipinski definition) is 6. The molecule has 136 valence electrons. The quantitative estimate of drug-likeness (QED) is 0.645. The van der Waals surface area contributed by atoms with Crippen molar-refractivity contribution < 1.29 is 29.0 Å². The van der Waals surface area contributed by atoms with Gasteiger partial charge < -0.3 is 14.6 Å². The first kappa shape index (κ1) is 19.1. The van der Waals surface area contributed by atoms with Gasteiger partial charge >= 0.3 is 11.9 Å². The summed E-state index contributed by atoms with van der Waals surface area (Å²) in [6.45, 7) is 5.03. The standard InChI is InChI=1S/C19H24O6/c1-4-24-17(21)15-13(20)11-19(3,23)16(18(22)25-5-2)14(15)12-9-7-6-8-10-12/h6-10,14-16,23H,4-5,11H2,1-3H3/t14-,15+,16-,19+/m1/s1. The molecule has 0 radical (unpaired) electrons. The van der Waals surface area contributed by atoms with Gasteiger partial charge in [-0.25, -0.2) is 0 Å². The third-order valence-electron chi connectivity index (χ3n) is 4.53. The van der Waals surface area contributed by atoms with Crippen LogP contribution in [-0.4, -0.2) is 41.6 Å². The number of esters is 2. The topological polar surface area (TPSA) is 89.9 Å². The van der Waals surface area contributed by atoms with Crippen molar-refractivity contribution in [1.29, 1.82) is 0 Å². The minimum atomic E-state index is -1.60. The third-order valence-corrected chi connectivity index (χ3v) is 4.53. The first-order chi connectivity index (χ1) is 11.8. The fraction of sp³-hybridized carbons (Fsp3) is 0.526. The largest absolute Gasteiger partial charge is 0.466 e. The van der Waals surface area contributed by atoms with Gasteiger partial charge in [-0.05, 0) is 26.3 Å². The van der Waals surface area contributed by atoms with Crippen molar-refractivity contribution in [2.45, 2.75) is 38.7 Å². The van der Waals surface area contributed by atoms with E-state index in [2.05, 4.69) is 0 Å². The summed E-state index contributed by atoms with van der Waals surface area (Å²) in [7, 11) is 0.